The third-order valence-corrected chi connectivity index (χ3v) is 2.43. The van der Waals surface area contributed by atoms with Crippen LogP contribution in [0.25, 0.3) is 11.6 Å². The van der Waals surface area contributed by atoms with Crippen molar-refractivity contribution in [2.24, 2.45) is 0 Å². The Morgan fingerprint density at radius 2 is 1.89 bits per heavy atom. The lowest BCUT2D eigenvalue weighted by Gasteiger charge is -2.04. The van der Waals surface area contributed by atoms with Crippen LogP contribution in [0.1, 0.15) is 24.6 Å². The summed E-state index contributed by atoms with van der Waals surface area (Å²) >= 11 is 0. The molecule has 0 radical (unpaired) electrons. The van der Waals surface area contributed by atoms with E-state index in [1.165, 1.54) is 0 Å². The summed E-state index contributed by atoms with van der Waals surface area (Å²) < 4.78 is 0. The minimum absolute atomic E-state index is 0.568. The Morgan fingerprint density at radius 1 is 1.11 bits per heavy atom. The van der Waals surface area contributed by atoms with Crippen molar-refractivity contribution in [1.82, 2.24) is 25.3 Å². The van der Waals surface area contributed by atoms with E-state index in [0.717, 1.165) is 30.8 Å². The maximum Gasteiger partial charge on any atom is 0.197 e. The van der Waals surface area contributed by atoms with Crippen LogP contribution < -0.4 is 5.32 Å². The molecule has 2 heterocycles. The van der Waals surface area contributed by atoms with E-state index in [1.54, 1.807) is 18.6 Å². The lowest BCUT2D eigenvalue weighted by molar-refractivity contribution is 0.663. The van der Waals surface area contributed by atoms with E-state index < -0.39 is 0 Å². The number of hydrogen-bond donors (Lipinski definition) is 1. The van der Waals surface area contributed by atoms with Crippen molar-refractivity contribution in [3.63, 3.8) is 0 Å². The van der Waals surface area contributed by atoms with Crippen molar-refractivity contribution in [1.29, 1.82) is 0 Å². The molecule has 0 saturated heterocycles. The first-order valence-electron chi connectivity index (χ1n) is 6.11. The fourth-order valence-electron chi connectivity index (χ4n) is 1.50. The molecule has 0 fully saturated rings. The van der Waals surface area contributed by atoms with Gasteiger partial charge in [-0.15, -0.1) is 0 Å². The summed E-state index contributed by atoms with van der Waals surface area (Å²) in [5.41, 5.74) is 1.98. The van der Waals surface area contributed by atoms with Crippen molar-refractivity contribution in [2.45, 2.75) is 26.8 Å². The molecule has 0 saturated carbocycles. The minimum atomic E-state index is 0.568. The van der Waals surface area contributed by atoms with Crippen LogP contribution in [0.4, 0.5) is 0 Å². The van der Waals surface area contributed by atoms with E-state index in [1.807, 2.05) is 13.0 Å². The molecule has 0 aliphatic rings. The topological polar surface area (TPSA) is 63.6 Å². The molecule has 0 spiro atoms. The zero-order valence-corrected chi connectivity index (χ0v) is 10.7. The third kappa shape index (κ3) is 3.30. The molecule has 0 unspecified atom stereocenters. The van der Waals surface area contributed by atoms with Crippen molar-refractivity contribution in [3.8, 4) is 11.6 Å². The molecule has 5 heteroatoms. The number of aryl methyl sites for hydroxylation is 1. The number of aromatic nitrogens is 4. The van der Waals surface area contributed by atoms with Crippen LogP contribution in [0.3, 0.4) is 0 Å². The summed E-state index contributed by atoms with van der Waals surface area (Å²) in [6.45, 7) is 5.82. The quantitative estimate of drug-likeness (QED) is 0.810. The highest BCUT2D eigenvalue weighted by molar-refractivity contribution is 5.42. The lowest BCUT2D eigenvalue weighted by Crippen LogP contribution is -2.15. The second-order valence-electron chi connectivity index (χ2n) is 4.13. The van der Waals surface area contributed by atoms with Gasteiger partial charge in [0.25, 0.3) is 0 Å². The van der Waals surface area contributed by atoms with Crippen LogP contribution in [0.15, 0.2) is 24.7 Å². The van der Waals surface area contributed by atoms with E-state index in [-0.39, 0.29) is 0 Å². The van der Waals surface area contributed by atoms with Gasteiger partial charge in [-0.05, 0) is 31.5 Å². The number of hydrogen-bond acceptors (Lipinski definition) is 5. The van der Waals surface area contributed by atoms with E-state index in [4.69, 9.17) is 0 Å². The van der Waals surface area contributed by atoms with Gasteiger partial charge in [-0.1, -0.05) is 6.92 Å². The highest BCUT2D eigenvalue weighted by Crippen LogP contribution is 2.08. The molecule has 2 aromatic heterocycles. The van der Waals surface area contributed by atoms with Crippen LogP contribution in [0.5, 0.6) is 0 Å². The summed E-state index contributed by atoms with van der Waals surface area (Å²) in [7, 11) is 0. The van der Waals surface area contributed by atoms with Gasteiger partial charge in [-0.25, -0.2) is 19.9 Å². The van der Waals surface area contributed by atoms with Crippen molar-refractivity contribution < 1.29 is 0 Å². The molecule has 0 atom stereocenters. The molecule has 0 aliphatic heterocycles. The first-order valence-corrected chi connectivity index (χ1v) is 6.11. The van der Waals surface area contributed by atoms with Gasteiger partial charge in [-0.3, -0.25) is 0 Å². The minimum Gasteiger partial charge on any atom is -0.311 e. The molecule has 0 aliphatic carbocycles. The second kappa shape index (κ2) is 6.16. The summed E-state index contributed by atoms with van der Waals surface area (Å²) in [5.74, 6) is 1.14. The number of rotatable bonds is 5. The molecule has 5 nitrogen and oxygen atoms in total. The maximum atomic E-state index is 4.45. The van der Waals surface area contributed by atoms with Gasteiger partial charge in [0.05, 0.1) is 5.69 Å². The van der Waals surface area contributed by atoms with Crippen LogP contribution in [0.2, 0.25) is 0 Å². The van der Waals surface area contributed by atoms with E-state index in [2.05, 4.69) is 32.2 Å². The molecule has 0 aromatic carbocycles. The predicted molar refractivity (Wildman–Crippen MR) is 69.8 cm³/mol. The van der Waals surface area contributed by atoms with Crippen molar-refractivity contribution in [2.75, 3.05) is 6.54 Å². The summed E-state index contributed by atoms with van der Waals surface area (Å²) in [6, 6.07) is 1.90. The Bertz CT molecular complexity index is 495. The molecular weight excluding hydrogens is 226 g/mol. The second-order valence-corrected chi connectivity index (χ2v) is 4.13. The first-order chi connectivity index (χ1) is 8.79. The van der Waals surface area contributed by atoms with Crippen LogP contribution >= 0.6 is 0 Å². The fourth-order valence-corrected chi connectivity index (χ4v) is 1.50. The monoisotopic (exact) mass is 243 g/mol. The SMILES string of the molecule is CCCNCc1ccnc(-c2ncc(C)cn2)n1. The Balaban J connectivity index is 2.13. The average Bonchev–Trinajstić information content (AvgIpc) is 2.40. The molecule has 2 rings (SSSR count). The molecule has 1 N–H and O–H groups in total. The summed E-state index contributed by atoms with van der Waals surface area (Å²) in [5, 5.41) is 3.31. The summed E-state index contributed by atoms with van der Waals surface area (Å²) in [6.07, 6.45) is 6.40. The Kier molecular flexibility index (Phi) is 4.30. The number of nitrogens with zero attached hydrogens (tertiary/aromatic N) is 4. The van der Waals surface area contributed by atoms with Gasteiger partial charge in [-0.2, -0.15) is 0 Å². The molecule has 0 amide bonds. The maximum absolute atomic E-state index is 4.45. The molecule has 0 bridgehead atoms. The van der Waals surface area contributed by atoms with E-state index in [0.29, 0.717) is 11.6 Å². The van der Waals surface area contributed by atoms with Crippen molar-refractivity contribution in [3.05, 3.63) is 35.9 Å². The Hall–Kier alpha value is -1.88. The van der Waals surface area contributed by atoms with Gasteiger partial charge < -0.3 is 5.32 Å². The molecule has 2 aromatic rings. The van der Waals surface area contributed by atoms with Gasteiger partial charge in [0, 0.05) is 25.1 Å². The summed E-state index contributed by atoms with van der Waals surface area (Å²) in [4.78, 5) is 17.1. The largest absolute Gasteiger partial charge is 0.311 e. The molecule has 94 valence electrons. The normalized spacial score (nSPS) is 10.6. The van der Waals surface area contributed by atoms with Crippen LogP contribution in [-0.4, -0.2) is 26.5 Å². The highest BCUT2D eigenvalue weighted by Gasteiger charge is 2.05. The van der Waals surface area contributed by atoms with Gasteiger partial charge in [0.1, 0.15) is 0 Å². The zero-order valence-electron chi connectivity index (χ0n) is 10.7. The Morgan fingerprint density at radius 3 is 2.61 bits per heavy atom. The van der Waals surface area contributed by atoms with Crippen molar-refractivity contribution >= 4 is 0 Å². The van der Waals surface area contributed by atoms with Gasteiger partial charge >= 0.3 is 0 Å². The van der Waals surface area contributed by atoms with E-state index >= 15 is 0 Å². The smallest absolute Gasteiger partial charge is 0.197 e. The van der Waals surface area contributed by atoms with Crippen LogP contribution in [0, 0.1) is 6.92 Å². The standard InChI is InChI=1S/C13H17N5/c1-3-5-14-9-11-4-6-15-13(18-11)12-16-7-10(2)8-17-12/h4,6-8,14H,3,5,9H2,1-2H3. The van der Waals surface area contributed by atoms with Gasteiger partial charge in [0.2, 0.25) is 0 Å². The Labute approximate surface area is 107 Å². The van der Waals surface area contributed by atoms with E-state index in [9.17, 15) is 0 Å². The number of nitrogens with one attached hydrogen (secondary N) is 1. The highest BCUT2D eigenvalue weighted by atomic mass is 15.0. The van der Waals surface area contributed by atoms with Gasteiger partial charge in [0.15, 0.2) is 11.6 Å². The molecular formula is C13H17N5. The predicted octanol–water partition coefficient (Wildman–Crippen LogP) is 1.74. The van der Waals surface area contributed by atoms with Crippen LogP contribution in [-0.2, 0) is 6.54 Å². The first kappa shape index (κ1) is 12.6. The fraction of sp³-hybridized carbons (Fsp3) is 0.385. The lowest BCUT2D eigenvalue weighted by atomic mass is 10.3. The average molecular weight is 243 g/mol. The zero-order chi connectivity index (χ0) is 12.8. The third-order valence-electron chi connectivity index (χ3n) is 2.43. The molecule has 18 heavy (non-hydrogen) atoms.